The van der Waals surface area contributed by atoms with Gasteiger partial charge in [-0.1, -0.05) is 13.8 Å². The Balaban J connectivity index is 3.17. The summed E-state index contributed by atoms with van der Waals surface area (Å²) in [5, 5.41) is 0. The van der Waals surface area contributed by atoms with E-state index in [-0.39, 0.29) is 0 Å². The van der Waals surface area contributed by atoms with Gasteiger partial charge in [0.25, 0.3) is 0 Å². The molecular weight excluding hydrogens is 124 g/mol. The molecular formula is C8H20N2. The van der Waals surface area contributed by atoms with Crippen molar-refractivity contribution in [2.75, 3.05) is 6.54 Å². The first-order valence-electron chi connectivity index (χ1n) is 4.16. The fraction of sp³-hybridized carbons (Fsp3) is 1.00. The van der Waals surface area contributed by atoms with Gasteiger partial charge in [-0.15, -0.1) is 0 Å². The number of hydrogen-bond donors (Lipinski definition) is 2. The highest BCUT2D eigenvalue weighted by Gasteiger charge is 2.02. The van der Waals surface area contributed by atoms with Gasteiger partial charge < -0.3 is 11.5 Å². The molecule has 0 aliphatic carbocycles. The first kappa shape index (κ1) is 9.92. The third kappa shape index (κ3) is 4.77. The Labute approximate surface area is 64.0 Å². The first-order chi connectivity index (χ1) is 4.70. The average molecular weight is 144 g/mol. The second-order valence-electron chi connectivity index (χ2n) is 3.09. The van der Waals surface area contributed by atoms with Crippen LogP contribution in [0, 0.1) is 5.92 Å². The Bertz CT molecular complexity index is 63.7. The molecule has 0 aromatic heterocycles. The van der Waals surface area contributed by atoms with Crippen LogP contribution in [0.2, 0.25) is 0 Å². The molecule has 0 aromatic rings. The van der Waals surface area contributed by atoms with Crippen LogP contribution in [0.15, 0.2) is 0 Å². The Morgan fingerprint density at radius 1 is 1.30 bits per heavy atom. The van der Waals surface area contributed by atoms with Gasteiger partial charge in [0.2, 0.25) is 0 Å². The summed E-state index contributed by atoms with van der Waals surface area (Å²) in [7, 11) is 0. The minimum absolute atomic E-state index is 0.383. The minimum Gasteiger partial charge on any atom is -0.330 e. The van der Waals surface area contributed by atoms with Crippen molar-refractivity contribution in [1.82, 2.24) is 0 Å². The molecule has 0 heterocycles. The molecule has 10 heavy (non-hydrogen) atoms. The van der Waals surface area contributed by atoms with Crippen LogP contribution in [0.4, 0.5) is 0 Å². The zero-order chi connectivity index (χ0) is 7.98. The van der Waals surface area contributed by atoms with Crippen molar-refractivity contribution in [2.24, 2.45) is 17.4 Å². The van der Waals surface area contributed by atoms with Crippen LogP contribution in [0.25, 0.3) is 0 Å². The predicted octanol–water partition coefficient (Wildman–Crippen LogP) is 1.10. The molecule has 0 aliphatic heterocycles. The van der Waals surface area contributed by atoms with E-state index in [1.807, 2.05) is 0 Å². The molecule has 0 fully saturated rings. The van der Waals surface area contributed by atoms with Gasteiger partial charge in [-0.2, -0.15) is 0 Å². The highest BCUT2D eigenvalue weighted by atomic mass is 14.6. The van der Waals surface area contributed by atoms with Crippen molar-refractivity contribution in [1.29, 1.82) is 0 Å². The first-order valence-corrected chi connectivity index (χ1v) is 4.16. The van der Waals surface area contributed by atoms with Crippen LogP contribution >= 0.6 is 0 Å². The van der Waals surface area contributed by atoms with Gasteiger partial charge in [-0.05, 0) is 31.7 Å². The smallest absolute Gasteiger partial charge is 0.00363 e. The van der Waals surface area contributed by atoms with Crippen LogP contribution in [0.3, 0.4) is 0 Å². The average Bonchev–Trinajstić information content (AvgIpc) is 1.99. The summed E-state index contributed by atoms with van der Waals surface area (Å²) in [6.07, 6.45) is 3.37. The Morgan fingerprint density at radius 2 is 1.90 bits per heavy atom. The van der Waals surface area contributed by atoms with Crippen LogP contribution in [0.5, 0.6) is 0 Å². The summed E-state index contributed by atoms with van der Waals surface area (Å²) in [6, 6.07) is 0.383. The molecule has 0 saturated heterocycles. The quantitative estimate of drug-likeness (QED) is 0.607. The molecule has 2 nitrogen and oxygen atoms in total. The van der Waals surface area contributed by atoms with Crippen LogP contribution in [0.1, 0.15) is 33.1 Å². The molecule has 2 unspecified atom stereocenters. The predicted molar refractivity (Wildman–Crippen MR) is 45.7 cm³/mol. The normalized spacial score (nSPS) is 16.8. The van der Waals surface area contributed by atoms with Crippen LogP contribution < -0.4 is 11.5 Å². The molecule has 62 valence electrons. The zero-order valence-corrected chi connectivity index (χ0v) is 7.14. The van der Waals surface area contributed by atoms with Gasteiger partial charge in [-0.3, -0.25) is 0 Å². The maximum atomic E-state index is 5.74. The Kier molecular flexibility index (Phi) is 5.64. The largest absolute Gasteiger partial charge is 0.330 e. The molecule has 4 N–H and O–H groups in total. The van der Waals surface area contributed by atoms with E-state index in [0.29, 0.717) is 12.0 Å². The van der Waals surface area contributed by atoms with E-state index in [1.54, 1.807) is 0 Å². The molecule has 0 radical (unpaired) electrons. The summed E-state index contributed by atoms with van der Waals surface area (Å²) >= 11 is 0. The molecule has 0 rings (SSSR count). The fourth-order valence-electron chi connectivity index (χ4n) is 0.821. The Morgan fingerprint density at radius 3 is 2.30 bits per heavy atom. The van der Waals surface area contributed by atoms with E-state index in [4.69, 9.17) is 11.5 Å². The lowest BCUT2D eigenvalue weighted by Crippen LogP contribution is -2.21. The summed E-state index contributed by atoms with van der Waals surface area (Å²) in [5.74, 6) is 0.637. The molecule has 0 bridgehead atoms. The number of rotatable bonds is 5. The van der Waals surface area contributed by atoms with Crippen molar-refractivity contribution >= 4 is 0 Å². The van der Waals surface area contributed by atoms with E-state index < -0.39 is 0 Å². The van der Waals surface area contributed by atoms with E-state index >= 15 is 0 Å². The maximum Gasteiger partial charge on any atom is 0.00363 e. The van der Waals surface area contributed by atoms with Crippen molar-refractivity contribution in [2.45, 2.75) is 39.2 Å². The fourth-order valence-corrected chi connectivity index (χ4v) is 0.821. The molecule has 0 aliphatic rings. The molecule has 0 aromatic carbocycles. The highest BCUT2D eigenvalue weighted by Crippen LogP contribution is 2.06. The number of hydrogen-bond acceptors (Lipinski definition) is 2. The van der Waals surface area contributed by atoms with Crippen LogP contribution in [-0.2, 0) is 0 Å². The zero-order valence-electron chi connectivity index (χ0n) is 7.14. The third-order valence-corrected chi connectivity index (χ3v) is 1.96. The highest BCUT2D eigenvalue weighted by molar-refractivity contribution is 4.61. The van der Waals surface area contributed by atoms with Crippen molar-refractivity contribution < 1.29 is 0 Å². The van der Waals surface area contributed by atoms with Gasteiger partial charge in [-0.25, -0.2) is 0 Å². The standard InChI is InChI=1S/C8H20N2/c1-3-8(10)5-4-7(2)6-9/h7-8H,3-6,9-10H2,1-2H3. The summed E-state index contributed by atoms with van der Waals surface area (Å²) in [4.78, 5) is 0. The van der Waals surface area contributed by atoms with Gasteiger partial charge in [0.15, 0.2) is 0 Å². The topological polar surface area (TPSA) is 52.0 Å². The maximum absolute atomic E-state index is 5.74. The van der Waals surface area contributed by atoms with Crippen molar-refractivity contribution in [3.05, 3.63) is 0 Å². The van der Waals surface area contributed by atoms with Gasteiger partial charge in [0.1, 0.15) is 0 Å². The monoisotopic (exact) mass is 144 g/mol. The second kappa shape index (κ2) is 5.69. The SMILES string of the molecule is CCC(N)CCC(C)CN. The second-order valence-corrected chi connectivity index (χ2v) is 3.09. The molecule has 0 amide bonds. The van der Waals surface area contributed by atoms with Gasteiger partial charge >= 0.3 is 0 Å². The lowest BCUT2D eigenvalue weighted by atomic mass is 10.0. The molecule has 2 heteroatoms. The van der Waals surface area contributed by atoms with Crippen molar-refractivity contribution in [3.63, 3.8) is 0 Å². The van der Waals surface area contributed by atoms with Gasteiger partial charge in [0, 0.05) is 6.04 Å². The summed E-state index contributed by atoms with van der Waals surface area (Å²) in [6.45, 7) is 5.08. The minimum atomic E-state index is 0.383. The van der Waals surface area contributed by atoms with E-state index in [0.717, 1.165) is 19.4 Å². The van der Waals surface area contributed by atoms with Gasteiger partial charge in [0.05, 0.1) is 0 Å². The Hall–Kier alpha value is -0.0800. The van der Waals surface area contributed by atoms with E-state index in [1.165, 1.54) is 6.42 Å². The molecule has 0 saturated carbocycles. The van der Waals surface area contributed by atoms with Crippen LogP contribution in [-0.4, -0.2) is 12.6 Å². The summed E-state index contributed by atoms with van der Waals surface area (Å²) < 4.78 is 0. The summed E-state index contributed by atoms with van der Waals surface area (Å²) in [5.41, 5.74) is 11.2. The lowest BCUT2D eigenvalue weighted by molar-refractivity contribution is 0.469. The van der Waals surface area contributed by atoms with E-state index in [2.05, 4.69) is 13.8 Å². The lowest BCUT2D eigenvalue weighted by Gasteiger charge is -2.11. The molecule has 0 spiro atoms. The number of nitrogens with two attached hydrogens (primary N) is 2. The third-order valence-electron chi connectivity index (χ3n) is 1.96. The van der Waals surface area contributed by atoms with E-state index in [9.17, 15) is 0 Å². The van der Waals surface area contributed by atoms with Crippen molar-refractivity contribution in [3.8, 4) is 0 Å². The molecule has 2 atom stereocenters.